The molecular formula is C28H40N2. The van der Waals surface area contributed by atoms with E-state index in [1.807, 2.05) is 40.7 Å². The molecule has 0 atom stereocenters. The van der Waals surface area contributed by atoms with E-state index >= 15 is 0 Å². The fourth-order valence-electron chi connectivity index (χ4n) is 3.28. The van der Waals surface area contributed by atoms with Gasteiger partial charge in [-0.1, -0.05) is 104 Å². The first kappa shape index (κ1) is 25.4. The van der Waals surface area contributed by atoms with Crippen LogP contribution < -0.4 is 0 Å². The lowest BCUT2D eigenvalue weighted by atomic mass is 9.90. The molecule has 2 nitrogen and oxygen atoms in total. The molecule has 0 bridgehead atoms. The van der Waals surface area contributed by atoms with Crippen molar-refractivity contribution in [1.82, 2.24) is 9.38 Å². The summed E-state index contributed by atoms with van der Waals surface area (Å²) in [4.78, 5) is 4.88. The summed E-state index contributed by atoms with van der Waals surface area (Å²) in [6, 6.07) is 19.2. The molecule has 0 aliphatic heterocycles. The lowest BCUT2D eigenvalue weighted by Gasteiger charge is -2.22. The Morgan fingerprint density at radius 3 is 2.07 bits per heavy atom. The largest absolute Gasteiger partial charge is 0.296 e. The zero-order valence-electron chi connectivity index (χ0n) is 20.5. The van der Waals surface area contributed by atoms with E-state index in [0.29, 0.717) is 0 Å². The normalized spacial score (nSPS) is 10.8. The molecule has 0 aliphatic carbocycles. The number of pyridine rings is 1. The Morgan fingerprint density at radius 1 is 0.900 bits per heavy atom. The Morgan fingerprint density at radius 2 is 1.50 bits per heavy atom. The van der Waals surface area contributed by atoms with Crippen molar-refractivity contribution >= 4 is 27.5 Å². The Bertz CT molecular complexity index is 1060. The number of aromatic nitrogens is 2. The van der Waals surface area contributed by atoms with E-state index in [0.717, 1.165) is 17.6 Å². The van der Waals surface area contributed by atoms with Gasteiger partial charge in [-0.05, 0) is 36.9 Å². The monoisotopic (exact) mass is 404 g/mol. The van der Waals surface area contributed by atoms with Crippen molar-refractivity contribution in [2.75, 3.05) is 0 Å². The van der Waals surface area contributed by atoms with Crippen LogP contribution in [-0.4, -0.2) is 9.38 Å². The number of fused-ring (bicyclic) bond motifs is 5. The van der Waals surface area contributed by atoms with Gasteiger partial charge in [0.15, 0.2) is 0 Å². The number of rotatable bonds is 1. The minimum absolute atomic E-state index is 0.0613. The number of nitrogens with zero attached hydrogens (tertiary/aromatic N) is 2. The van der Waals surface area contributed by atoms with Gasteiger partial charge < -0.3 is 0 Å². The van der Waals surface area contributed by atoms with Gasteiger partial charge >= 0.3 is 0 Å². The predicted octanol–water partition coefficient (Wildman–Crippen LogP) is 8.96. The minimum atomic E-state index is 0.0613. The van der Waals surface area contributed by atoms with Crippen LogP contribution in [0.1, 0.15) is 74.4 Å². The maximum atomic E-state index is 4.88. The van der Waals surface area contributed by atoms with E-state index in [4.69, 9.17) is 4.98 Å². The van der Waals surface area contributed by atoms with Gasteiger partial charge in [0.1, 0.15) is 5.65 Å². The molecule has 2 aromatic heterocycles. The summed E-state index contributed by atoms with van der Waals surface area (Å²) >= 11 is 0. The lowest BCUT2D eigenvalue weighted by Crippen LogP contribution is -2.16. The van der Waals surface area contributed by atoms with Gasteiger partial charge in [-0.25, -0.2) is 4.98 Å². The predicted molar refractivity (Wildman–Crippen MR) is 137 cm³/mol. The maximum absolute atomic E-state index is 4.88. The van der Waals surface area contributed by atoms with Gasteiger partial charge in [-0.2, -0.15) is 0 Å². The molecule has 0 fully saturated rings. The summed E-state index contributed by atoms with van der Waals surface area (Å²) in [5.74, 6) is 0. The summed E-state index contributed by atoms with van der Waals surface area (Å²) in [6.07, 6.45) is 5.34. The van der Waals surface area contributed by atoms with Crippen LogP contribution >= 0.6 is 0 Å². The standard InChI is InChI=1S/C19H18N2.C5H10.2C2H6/c1-19(2,3)17-12-13-8-4-5-9-14(13)18-20-15-10-6-7-11-16(15)21(17)18;1-3-5-4-2;2*1-2/h4-12H,1-3H3;3,5H,4H2,1-2H3;2*1-2H3. The summed E-state index contributed by atoms with van der Waals surface area (Å²) in [5, 5.41) is 2.46. The number of benzene rings is 2. The van der Waals surface area contributed by atoms with Gasteiger partial charge in [0.2, 0.25) is 0 Å². The van der Waals surface area contributed by atoms with E-state index in [-0.39, 0.29) is 5.41 Å². The van der Waals surface area contributed by atoms with Crippen molar-refractivity contribution in [3.8, 4) is 0 Å². The maximum Gasteiger partial charge on any atom is 0.146 e. The molecule has 2 heteroatoms. The molecule has 2 aromatic carbocycles. The molecule has 0 amide bonds. The molecule has 0 aliphatic rings. The third-order valence-corrected chi connectivity index (χ3v) is 4.54. The van der Waals surface area contributed by atoms with Crippen LogP contribution in [0, 0.1) is 0 Å². The number of imidazole rings is 1. The molecule has 4 aromatic rings. The average molecular weight is 405 g/mol. The highest BCUT2D eigenvalue weighted by Gasteiger charge is 2.21. The first-order valence-electron chi connectivity index (χ1n) is 11.4. The van der Waals surface area contributed by atoms with Crippen molar-refractivity contribution in [3.05, 3.63) is 72.4 Å². The Labute approximate surface area is 183 Å². The van der Waals surface area contributed by atoms with E-state index in [1.54, 1.807) is 0 Å². The molecule has 0 spiro atoms. The molecule has 0 radical (unpaired) electrons. The first-order chi connectivity index (χ1) is 14.5. The summed E-state index contributed by atoms with van der Waals surface area (Å²) in [7, 11) is 0. The smallest absolute Gasteiger partial charge is 0.146 e. The Hall–Kier alpha value is -2.61. The zero-order chi connectivity index (χ0) is 22.7. The molecule has 0 N–H and O–H groups in total. The van der Waals surface area contributed by atoms with Gasteiger partial charge in [0, 0.05) is 16.5 Å². The van der Waals surface area contributed by atoms with E-state index < -0.39 is 0 Å². The second kappa shape index (κ2) is 12.2. The highest BCUT2D eigenvalue weighted by molar-refractivity contribution is 5.98. The Kier molecular flexibility index (Phi) is 10.3. The highest BCUT2D eigenvalue weighted by Crippen LogP contribution is 2.32. The summed E-state index contributed by atoms with van der Waals surface area (Å²) in [6.45, 7) is 18.9. The molecule has 0 saturated carbocycles. The lowest BCUT2D eigenvalue weighted by molar-refractivity contribution is 0.564. The van der Waals surface area contributed by atoms with Crippen molar-refractivity contribution in [1.29, 1.82) is 0 Å². The second-order valence-electron chi connectivity index (χ2n) is 7.60. The SMILES string of the molecule is CC.CC.CC(C)(C)c1cc2ccccc2c2nc3ccccc3n12.CC=CCC. The van der Waals surface area contributed by atoms with Gasteiger partial charge in [0.05, 0.1) is 11.0 Å². The molecule has 0 unspecified atom stereocenters. The van der Waals surface area contributed by atoms with Crippen LogP contribution in [0.15, 0.2) is 66.7 Å². The van der Waals surface area contributed by atoms with Gasteiger partial charge in [-0.15, -0.1) is 0 Å². The number of hydrogen-bond donors (Lipinski definition) is 0. The average Bonchev–Trinajstić information content (AvgIpc) is 3.16. The fourth-order valence-corrected chi connectivity index (χ4v) is 3.28. The van der Waals surface area contributed by atoms with Crippen LogP contribution in [-0.2, 0) is 5.41 Å². The molecule has 30 heavy (non-hydrogen) atoms. The molecular weight excluding hydrogens is 364 g/mol. The number of allylic oxidation sites excluding steroid dienone is 2. The third-order valence-electron chi connectivity index (χ3n) is 4.54. The second-order valence-corrected chi connectivity index (χ2v) is 7.60. The first-order valence-corrected chi connectivity index (χ1v) is 11.4. The number of para-hydroxylation sites is 2. The highest BCUT2D eigenvalue weighted by atomic mass is 15.0. The number of hydrogen-bond acceptors (Lipinski definition) is 1. The zero-order valence-corrected chi connectivity index (χ0v) is 20.5. The molecule has 4 rings (SSSR count). The Balaban J connectivity index is 0.000000435. The van der Waals surface area contributed by atoms with Crippen LogP contribution in [0.3, 0.4) is 0 Å². The molecule has 2 heterocycles. The van der Waals surface area contributed by atoms with Crippen molar-refractivity contribution in [3.63, 3.8) is 0 Å². The topological polar surface area (TPSA) is 17.3 Å². The quantitative estimate of drug-likeness (QED) is 0.289. The van der Waals surface area contributed by atoms with Crippen molar-refractivity contribution < 1.29 is 0 Å². The van der Waals surface area contributed by atoms with E-state index in [1.165, 1.54) is 22.0 Å². The van der Waals surface area contributed by atoms with Crippen molar-refractivity contribution in [2.24, 2.45) is 0 Å². The minimum Gasteiger partial charge on any atom is -0.296 e. The summed E-state index contributed by atoms with van der Waals surface area (Å²) in [5.41, 5.74) is 4.65. The van der Waals surface area contributed by atoms with Crippen LogP contribution in [0.4, 0.5) is 0 Å². The van der Waals surface area contributed by atoms with Crippen LogP contribution in [0.25, 0.3) is 27.5 Å². The van der Waals surface area contributed by atoms with Gasteiger partial charge in [-0.3, -0.25) is 4.40 Å². The third kappa shape index (κ3) is 5.72. The van der Waals surface area contributed by atoms with Crippen molar-refractivity contribution in [2.45, 2.75) is 74.1 Å². The summed E-state index contributed by atoms with van der Waals surface area (Å²) < 4.78 is 2.32. The van der Waals surface area contributed by atoms with E-state index in [9.17, 15) is 0 Å². The van der Waals surface area contributed by atoms with Gasteiger partial charge in [0.25, 0.3) is 0 Å². The van der Waals surface area contributed by atoms with Crippen LogP contribution in [0.2, 0.25) is 0 Å². The molecule has 162 valence electrons. The van der Waals surface area contributed by atoms with E-state index in [2.05, 4.69) is 92.8 Å². The molecule has 0 saturated heterocycles. The van der Waals surface area contributed by atoms with Crippen LogP contribution in [0.5, 0.6) is 0 Å². The fraction of sp³-hybridized carbons (Fsp3) is 0.393.